The van der Waals surface area contributed by atoms with Crippen molar-refractivity contribution in [1.82, 2.24) is 10.2 Å². The summed E-state index contributed by atoms with van der Waals surface area (Å²) >= 11 is 0. The van der Waals surface area contributed by atoms with Gasteiger partial charge in [-0.2, -0.15) is 0 Å². The fraction of sp³-hybridized carbons (Fsp3) is 0.381. The lowest BCUT2D eigenvalue weighted by Gasteiger charge is -2.30. The topological polar surface area (TPSA) is 108 Å². The van der Waals surface area contributed by atoms with Crippen LogP contribution in [0, 0.1) is 24.0 Å². The van der Waals surface area contributed by atoms with Crippen LogP contribution < -0.4 is 10.6 Å². The molecule has 0 aliphatic carbocycles. The molecule has 1 atom stereocenters. The molecular formula is C21H26N4O4. The molecule has 2 amide bonds. The third-order valence-corrected chi connectivity index (χ3v) is 5.26. The largest absolute Gasteiger partial charge is 0.390 e. The van der Waals surface area contributed by atoms with Crippen LogP contribution in [0.1, 0.15) is 22.3 Å². The predicted molar refractivity (Wildman–Crippen MR) is 111 cm³/mol. The maximum Gasteiger partial charge on any atom is 0.319 e. The SMILES string of the molecule is Cc1ccc([N+](=O)[O-])c(C)c1NC(=O)NCC(O)CN1CCc2ccccc2C1. The highest BCUT2D eigenvalue weighted by Gasteiger charge is 2.20. The van der Waals surface area contributed by atoms with Gasteiger partial charge < -0.3 is 15.7 Å². The first-order chi connectivity index (χ1) is 13.8. The van der Waals surface area contributed by atoms with E-state index in [1.807, 2.05) is 12.1 Å². The van der Waals surface area contributed by atoms with E-state index in [9.17, 15) is 20.0 Å². The molecule has 1 unspecified atom stereocenters. The second kappa shape index (κ2) is 9.02. The van der Waals surface area contributed by atoms with Crippen molar-refractivity contribution >= 4 is 17.4 Å². The summed E-state index contributed by atoms with van der Waals surface area (Å²) in [4.78, 5) is 25.0. The predicted octanol–water partition coefficient (Wildman–Crippen LogP) is 2.75. The van der Waals surface area contributed by atoms with Gasteiger partial charge in [0, 0.05) is 32.2 Å². The van der Waals surface area contributed by atoms with Crippen LogP contribution in [0.25, 0.3) is 0 Å². The van der Waals surface area contributed by atoms with Crippen molar-refractivity contribution < 1.29 is 14.8 Å². The van der Waals surface area contributed by atoms with Gasteiger partial charge in [-0.1, -0.05) is 30.3 Å². The fourth-order valence-corrected chi connectivity index (χ4v) is 3.67. The Labute approximate surface area is 169 Å². The summed E-state index contributed by atoms with van der Waals surface area (Å²) in [7, 11) is 0. The van der Waals surface area contributed by atoms with Crippen LogP contribution in [0.3, 0.4) is 0 Å². The van der Waals surface area contributed by atoms with Gasteiger partial charge in [-0.25, -0.2) is 4.79 Å². The van der Waals surface area contributed by atoms with Crippen LogP contribution >= 0.6 is 0 Å². The first-order valence-electron chi connectivity index (χ1n) is 9.61. The minimum Gasteiger partial charge on any atom is -0.390 e. The third-order valence-electron chi connectivity index (χ3n) is 5.26. The molecule has 8 heteroatoms. The molecule has 0 saturated carbocycles. The zero-order valence-corrected chi connectivity index (χ0v) is 16.6. The molecule has 0 radical (unpaired) electrons. The number of nitrogens with one attached hydrogen (secondary N) is 2. The number of nitrogens with zero attached hydrogens (tertiary/aromatic N) is 2. The van der Waals surface area contributed by atoms with E-state index in [2.05, 4.69) is 27.7 Å². The molecule has 8 nitrogen and oxygen atoms in total. The number of fused-ring (bicyclic) bond motifs is 1. The average molecular weight is 398 g/mol. The van der Waals surface area contributed by atoms with Gasteiger partial charge in [0.15, 0.2) is 0 Å². The molecule has 0 aromatic heterocycles. The number of hydrogen-bond donors (Lipinski definition) is 3. The van der Waals surface area contributed by atoms with Crippen molar-refractivity contribution in [3.05, 3.63) is 68.8 Å². The first-order valence-corrected chi connectivity index (χ1v) is 9.61. The number of aliphatic hydroxyl groups excluding tert-OH is 1. The van der Waals surface area contributed by atoms with Gasteiger partial charge in [-0.05, 0) is 37.0 Å². The molecule has 0 spiro atoms. The Morgan fingerprint density at radius 3 is 2.69 bits per heavy atom. The van der Waals surface area contributed by atoms with E-state index in [-0.39, 0.29) is 12.2 Å². The maximum absolute atomic E-state index is 12.2. The summed E-state index contributed by atoms with van der Waals surface area (Å²) in [5, 5.41) is 26.7. The Hall–Kier alpha value is -2.97. The number of carbonyl (C=O) groups is 1. The van der Waals surface area contributed by atoms with Gasteiger partial charge in [0.1, 0.15) is 0 Å². The number of amides is 2. The van der Waals surface area contributed by atoms with Crippen LogP contribution in [0.2, 0.25) is 0 Å². The van der Waals surface area contributed by atoms with Gasteiger partial charge in [0.2, 0.25) is 0 Å². The van der Waals surface area contributed by atoms with E-state index in [0.29, 0.717) is 17.8 Å². The zero-order chi connectivity index (χ0) is 21.0. The van der Waals surface area contributed by atoms with Crippen molar-refractivity contribution in [2.24, 2.45) is 0 Å². The monoisotopic (exact) mass is 398 g/mol. The number of β-amino-alcohol motifs (C(OH)–C–C–N with tert-alkyl or cyclic N) is 1. The third kappa shape index (κ3) is 5.10. The molecule has 0 bridgehead atoms. The number of aliphatic hydroxyl groups is 1. The molecule has 1 aliphatic heterocycles. The highest BCUT2D eigenvalue weighted by Crippen LogP contribution is 2.28. The number of aryl methyl sites for hydroxylation is 1. The lowest BCUT2D eigenvalue weighted by molar-refractivity contribution is -0.385. The van der Waals surface area contributed by atoms with Crippen LogP contribution in [-0.2, 0) is 13.0 Å². The molecule has 154 valence electrons. The normalized spacial score (nSPS) is 14.7. The van der Waals surface area contributed by atoms with E-state index in [0.717, 1.165) is 25.1 Å². The molecule has 29 heavy (non-hydrogen) atoms. The van der Waals surface area contributed by atoms with Crippen LogP contribution in [-0.4, -0.2) is 46.7 Å². The van der Waals surface area contributed by atoms with Crippen molar-refractivity contribution in [3.63, 3.8) is 0 Å². The van der Waals surface area contributed by atoms with E-state index >= 15 is 0 Å². The Bertz CT molecular complexity index is 916. The average Bonchev–Trinajstić information content (AvgIpc) is 2.69. The molecule has 3 N–H and O–H groups in total. The van der Waals surface area contributed by atoms with Crippen molar-refractivity contribution in [1.29, 1.82) is 0 Å². The highest BCUT2D eigenvalue weighted by molar-refractivity contribution is 5.91. The minimum absolute atomic E-state index is 0.0451. The number of nitro groups is 1. The second-order valence-corrected chi connectivity index (χ2v) is 7.40. The smallest absolute Gasteiger partial charge is 0.319 e. The number of anilines is 1. The molecular weight excluding hydrogens is 372 g/mol. The summed E-state index contributed by atoms with van der Waals surface area (Å²) in [5.74, 6) is 0. The Balaban J connectivity index is 1.51. The van der Waals surface area contributed by atoms with E-state index in [1.54, 1.807) is 19.9 Å². The summed E-state index contributed by atoms with van der Waals surface area (Å²) < 4.78 is 0. The standard InChI is InChI=1S/C21H26N4O4/c1-14-7-8-19(25(28)29)15(2)20(14)23-21(27)22-11-18(26)13-24-10-9-16-5-3-4-6-17(16)12-24/h3-8,18,26H,9-13H2,1-2H3,(H2,22,23,27). The number of carbonyl (C=O) groups excluding carboxylic acids is 1. The van der Waals surface area contributed by atoms with Crippen molar-refractivity contribution in [3.8, 4) is 0 Å². The summed E-state index contributed by atoms with van der Waals surface area (Å²) in [6, 6.07) is 10.8. The Kier molecular flexibility index (Phi) is 6.46. The molecule has 0 fully saturated rings. The van der Waals surface area contributed by atoms with Crippen molar-refractivity contribution in [2.75, 3.05) is 25.0 Å². The summed E-state index contributed by atoms with van der Waals surface area (Å²) in [6.07, 6.45) is 0.237. The van der Waals surface area contributed by atoms with Gasteiger partial charge in [0.25, 0.3) is 5.69 Å². The number of hydrogen-bond acceptors (Lipinski definition) is 5. The molecule has 0 saturated heterocycles. The number of urea groups is 1. The second-order valence-electron chi connectivity index (χ2n) is 7.40. The number of benzene rings is 2. The Morgan fingerprint density at radius 1 is 1.24 bits per heavy atom. The first kappa shape index (κ1) is 20.8. The molecule has 2 aromatic rings. The molecule has 1 aliphatic rings. The summed E-state index contributed by atoms with van der Waals surface area (Å²) in [5.41, 5.74) is 4.12. The van der Waals surface area contributed by atoms with Crippen LogP contribution in [0.15, 0.2) is 36.4 Å². The van der Waals surface area contributed by atoms with E-state index in [1.165, 1.54) is 17.2 Å². The Morgan fingerprint density at radius 2 is 1.97 bits per heavy atom. The maximum atomic E-state index is 12.2. The van der Waals surface area contributed by atoms with Gasteiger partial charge >= 0.3 is 6.03 Å². The fourth-order valence-electron chi connectivity index (χ4n) is 3.67. The lowest BCUT2D eigenvalue weighted by Crippen LogP contribution is -2.43. The highest BCUT2D eigenvalue weighted by atomic mass is 16.6. The molecule has 3 rings (SSSR count). The van der Waals surface area contributed by atoms with Crippen molar-refractivity contribution in [2.45, 2.75) is 32.9 Å². The van der Waals surface area contributed by atoms with Crippen LogP contribution in [0.5, 0.6) is 0 Å². The van der Waals surface area contributed by atoms with E-state index < -0.39 is 17.1 Å². The number of rotatable bonds is 6. The zero-order valence-electron chi connectivity index (χ0n) is 16.6. The minimum atomic E-state index is -0.710. The molecule has 2 aromatic carbocycles. The van der Waals surface area contributed by atoms with Crippen LogP contribution in [0.4, 0.5) is 16.2 Å². The number of nitro benzene ring substituents is 1. The lowest BCUT2D eigenvalue weighted by atomic mass is 10.00. The summed E-state index contributed by atoms with van der Waals surface area (Å²) in [6.45, 7) is 5.58. The van der Waals surface area contributed by atoms with Gasteiger partial charge in [0.05, 0.1) is 22.3 Å². The van der Waals surface area contributed by atoms with Gasteiger partial charge in [-0.3, -0.25) is 15.0 Å². The quantitative estimate of drug-likeness (QED) is 0.512. The van der Waals surface area contributed by atoms with E-state index in [4.69, 9.17) is 0 Å². The van der Waals surface area contributed by atoms with Gasteiger partial charge in [-0.15, -0.1) is 0 Å². The molecule has 1 heterocycles.